The zero-order valence-corrected chi connectivity index (χ0v) is 17.2. The van der Waals surface area contributed by atoms with E-state index in [4.69, 9.17) is 0 Å². The fourth-order valence-electron chi connectivity index (χ4n) is 3.38. The monoisotopic (exact) mass is 415 g/mol. The first-order valence-corrected chi connectivity index (χ1v) is 10.5. The Kier molecular flexibility index (Phi) is 6.26. The van der Waals surface area contributed by atoms with E-state index in [0.29, 0.717) is 17.8 Å². The van der Waals surface area contributed by atoms with Crippen LogP contribution in [0.5, 0.6) is 0 Å². The molecule has 0 saturated heterocycles. The third-order valence-electron chi connectivity index (χ3n) is 5.31. The molecule has 1 aliphatic carbocycles. The predicted octanol–water partition coefficient (Wildman–Crippen LogP) is 3.62. The lowest BCUT2D eigenvalue weighted by atomic mass is 10.0. The molecule has 1 saturated carbocycles. The van der Waals surface area contributed by atoms with E-state index in [1.807, 2.05) is 60.7 Å². The Bertz CT molecular complexity index is 1110. The summed E-state index contributed by atoms with van der Waals surface area (Å²) < 4.78 is 0. The van der Waals surface area contributed by atoms with Crippen LogP contribution < -0.4 is 16.0 Å². The maximum atomic E-state index is 12.8. The van der Waals surface area contributed by atoms with E-state index in [-0.39, 0.29) is 36.6 Å². The zero-order chi connectivity index (χ0) is 21.6. The maximum absolute atomic E-state index is 12.8. The van der Waals surface area contributed by atoms with Crippen LogP contribution in [0, 0.1) is 5.92 Å². The van der Waals surface area contributed by atoms with E-state index < -0.39 is 0 Å². The van der Waals surface area contributed by atoms with E-state index in [2.05, 4.69) is 16.0 Å². The Hall–Kier alpha value is -3.67. The number of anilines is 1. The van der Waals surface area contributed by atoms with Gasteiger partial charge in [-0.15, -0.1) is 0 Å². The minimum absolute atomic E-state index is 0.0377. The van der Waals surface area contributed by atoms with Gasteiger partial charge in [0, 0.05) is 25.4 Å². The summed E-state index contributed by atoms with van der Waals surface area (Å²) in [7, 11) is 0. The number of amides is 3. The maximum Gasteiger partial charge on any atom is 0.253 e. The minimum atomic E-state index is -0.312. The number of fused-ring (bicyclic) bond motifs is 1. The van der Waals surface area contributed by atoms with Gasteiger partial charge in [-0.25, -0.2) is 0 Å². The SMILES string of the molecule is O=C(CCNC(=O)c1cc2ccccc2cc1NC(=O)C1CC1)NCc1ccccc1. The van der Waals surface area contributed by atoms with Crippen LogP contribution in [0.1, 0.15) is 35.2 Å². The van der Waals surface area contributed by atoms with Crippen molar-refractivity contribution >= 4 is 34.2 Å². The number of nitrogens with one attached hydrogen (secondary N) is 3. The molecular formula is C25H25N3O3. The molecular weight excluding hydrogens is 390 g/mol. The standard InChI is InChI=1S/C25H25N3O3/c29-23(27-16-17-6-2-1-3-7-17)12-13-26-25(31)21-14-19-8-4-5-9-20(19)15-22(21)28-24(30)18-10-11-18/h1-9,14-15,18H,10-13,16H2,(H,26,31)(H,27,29)(H,28,30). The molecule has 6 nitrogen and oxygen atoms in total. The van der Waals surface area contributed by atoms with Crippen LogP contribution in [0.15, 0.2) is 66.7 Å². The van der Waals surface area contributed by atoms with E-state index in [0.717, 1.165) is 29.2 Å². The molecule has 4 rings (SSSR count). The topological polar surface area (TPSA) is 87.3 Å². The summed E-state index contributed by atoms with van der Waals surface area (Å²) in [6.07, 6.45) is 1.95. The van der Waals surface area contributed by atoms with Gasteiger partial charge in [0.1, 0.15) is 0 Å². The molecule has 158 valence electrons. The van der Waals surface area contributed by atoms with E-state index >= 15 is 0 Å². The van der Waals surface area contributed by atoms with Gasteiger partial charge in [-0.2, -0.15) is 0 Å². The van der Waals surface area contributed by atoms with Crippen LogP contribution in [-0.4, -0.2) is 24.3 Å². The van der Waals surface area contributed by atoms with Gasteiger partial charge in [-0.05, 0) is 41.3 Å². The Morgan fingerprint density at radius 2 is 1.52 bits per heavy atom. The molecule has 1 fully saturated rings. The average molecular weight is 415 g/mol. The lowest BCUT2D eigenvalue weighted by Crippen LogP contribution is -2.31. The number of hydrogen-bond acceptors (Lipinski definition) is 3. The molecule has 3 amide bonds. The van der Waals surface area contributed by atoms with Crippen molar-refractivity contribution < 1.29 is 14.4 Å². The highest BCUT2D eigenvalue weighted by Crippen LogP contribution is 2.31. The summed E-state index contributed by atoms with van der Waals surface area (Å²) in [4.78, 5) is 37.2. The van der Waals surface area contributed by atoms with Gasteiger partial charge in [0.05, 0.1) is 11.3 Å². The number of carbonyl (C=O) groups excluding carboxylic acids is 3. The average Bonchev–Trinajstić information content (AvgIpc) is 3.63. The van der Waals surface area contributed by atoms with E-state index in [9.17, 15) is 14.4 Å². The largest absolute Gasteiger partial charge is 0.352 e. The Morgan fingerprint density at radius 1 is 0.839 bits per heavy atom. The Balaban J connectivity index is 1.38. The minimum Gasteiger partial charge on any atom is -0.352 e. The second-order valence-electron chi connectivity index (χ2n) is 7.78. The lowest BCUT2D eigenvalue weighted by Gasteiger charge is -2.13. The first-order valence-electron chi connectivity index (χ1n) is 10.5. The van der Waals surface area contributed by atoms with Crippen LogP contribution in [-0.2, 0) is 16.1 Å². The van der Waals surface area contributed by atoms with Crippen molar-refractivity contribution in [3.05, 3.63) is 77.9 Å². The van der Waals surface area contributed by atoms with Crippen LogP contribution in [0.3, 0.4) is 0 Å². The lowest BCUT2D eigenvalue weighted by molar-refractivity contribution is -0.121. The van der Waals surface area contributed by atoms with Crippen molar-refractivity contribution in [1.82, 2.24) is 10.6 Å². The predicted molar refractivity (Wildman–Crippen MR) is 121 cm³/mol. The summed E-state index contributed by atoms with van der Waals surface area (Å²) in [6.45, 7) is 0.665. The molecule has 3 aromatic carbocycles. The molecule has 0 radical (unpaired) electrons. The second-order valence-corrected chi connectivity index (χ2v) is 7.78. The van der Waals surface area contributed by atoms with Crippen molar-refractivity contribution in [3.63, 3.8) is 0 Å². The van der Waals surface area contributed by atoms with E-state index in [1.165, 1.54) is 0 Å². The summed E-state index contributed by atoms with van der Waals surface area (Å²) >= 11 is 0. The highest BCUT2D eigenvalue weighted by Gasteiger charge is 2.30. The van der Waals surface area contributed by atoms with Gasteiger partial charge < -0.3 is 16.0 Å². The molecule has 0 bridgehead atoms. The van der Waals surface area contributed by atoms with Crippen molar-refractivity contribution in [2.45, 2.75) is 25.8 Å². The Labute approximate surface area is 181 Å². The first kappa shape index (κ1) is 20.6. The summed E-state index contributed by atoms with van der Waals surface area (Å²) in [6, 6.07) is 21.0. The summed E-state index contributed by atoms with van der Waals surface area (Å²) in [5, 5.41) is 10.4. The summed E-state index contributed by atoms with van der Waals surface area (Å²) in [5.41, 5.74) is 1.92. The number of rotatable bonds is 8. The van der Waals surface area contributed by atoms with Crippen molar-refractivity contribution in [1.29, 1.82) is 0 Å². The highest BCUT2D eigenvalue weighted by atomic mass is 16.2. The second kappa shape index (κ2) is 9.43. The van der Waals surface area contributed by atoms with Gasteiger partial charge in [-0.3, -0.25) is 14.4 Å². The van der Waals surface area contributed by atoms with Crippen LogP contribution >= 0.6 is 0 Å². The van der Waals surface area contributed by atoms with Gasteiger partial charge in [0.25, 0.3) is 5.91 Å². The zero-order valence-electron chi connectivity index (χ0n) is 17.2. The number of carbonyl (C=O) groups is 3. The molecule has 6 heteroatoms. The van der Waals surface area contributed by atoms with Gasteiger partial charge >= 0.3 is 0 Å². The van der Waals surface area contributed by atoms with Gasteiger partial charge in [0.15, 0.2) is 0 Å². The van der Waals surface area contributed by atoms with Gasteiger partial charge in [-0.1, -0.05) is 54.6 Å². The number of hydrogen-bond donors (Lipinski definition) is 3. The molecule has 0 spiro atoms. The van der Waals surface area contributed by atoms with Gasteiger partial charge in [0.2, 0.25) is 11.8 Å². The molecule has 0 aliphatic heterocycles. The van der Waals surface area contributed by atoms with Crippen LogP contribution in [0.2, 0.25) is 0 Å². The third-order valence-corrected chi connectivity index (χ3v) is 5.31. The van der Waals surface area contributed by atoms with E-state index in [1.54, 1.807) is 6.07 Å². The molecule has 1 aliphatic rings. The molecule has 3 aromatic rings. The third kappa shape index (κ3) is 5.48. The Morgan fingerprint density at radius 3 is 2.23 bits per heavy atom. The molecule has 0 heterocycles. The smallest absolute Gasteiger partial charge is 0.253 e. The van der Waals surface area contributed by atoms with Crippen molar-refractivity contribution in [3.8, 4) is 0 Å². The molecule has 31 heavy (non-hydrogen) atoms. The van der Waals surface area contributed by atoms with Crippen LogP contribution in [0.4, 0.5) is 5.69 Å². The molecule has 0 atom stereocenters. The molecule has 0 unspecified atom stereocenters. The van der Waals surface area contributed by atoms with Crippen LogP contribution in [0.25, 0.3) is 10.8 Å². The number of benzene rings is 3. The fourth-order valence-corrected chi connectivity index (χ4v) is 3.38. The summed E-state index contributed by atoms with van der Waals surface area (Å²) in [5.74, 6) is -0.460. The van der Waals surface area contributed by atoms with Crippen molar-refractivity contribution in [2.75, 3.05) is 11.9 Å². The fraction of sp³-hybridized carbons (Fsp3) is 0.240. The first-order chi connectivity index (χ1) is 15.1. The highest BCUT2D eigenvalue weighted by molar-refractivity contribution is 6.08. The quantitative estimate of drug-likeness (QED) is 0.525. The van der Waals surface area contributed by atoms with Crippen molar-refractivity contribution in [2.24, 2.45) is 5.92 Å². The molecule has 0 aromatic heterocycles. The normalized spacial score (nSPS) is 12.9. The molecule has 3 N–H and O–H groups in total.